The summed E-state index contributed by atoms with van der Waals surface area (Å²) in [4.78, 5) is 22.5. The number of pyridine rings is 4. The molecule has 2 aliphatic rings. The van der Waals surface area contributed by atoms with Gasteiger partial charge in [-0.1, -0.05) is 231 Å². The van der Waals surface area contributed by atoms with Gasteiger partial charge in [-0.15, -0.1) is 0 Å². The Balaban J connectivity index is 0.846. The van der Waals surface area contributed by atoms with Gasteiger partial charge < -0.3 is 13.7 Å². The van der Waals surface area contributed by atoms with Gasteiger partial charge in [0.2, 0.25) is 0 Å². The Hall–Kier alpha value is -13.9. The molecule has 0 fully saturated rings. The molecule has 0 N–H and O–H groups in total. The van der Waals surface area contributed by atoms with Crippen LogP contribution in [0.1, 0.15) is 5.56 Å². The standard InChI is InChI=1S/C97H57N5O2/c1-3-18-57(19-4-1)61-36-40-77-80(48-61)72-28-11-12-31-83(72)101-95(77)78-44-43-75-81-50-66(63-38-45-85(100-55-63)84-32-13-14-47-99-84)51-87-91(81)93-76(42-41-71(96(93)103-87)62-37-39-68(58-20-5-2-6-21-58)79(49-62)64-25-17-46-98-54-64)82-52-67(53-88-92(82)94(75)97(78)104-88)102-56-65-23-8-10-27-70(65)90-74(30-16-33-86(90)102)73-29-15-24-60-35-34-59-22-7-9-26-69(59)89(60)73/h1-56,86H. The number of furan rings is 2. The van der Waals surface area contributed by atoms with E-state index in [-0.39, 0.29) is 6.04 Å². The first-order valence-corrected chi connectivity index (χ1v) is 35.4. The van der Waals surface area contributed by atoms with Gasteiger partial charge in [0.1, 0.15) is 22.3 Å². The lowest BCUT2D eigenvalue weighted by Gasteiger charge is -2.36. The highest BCUT2D eigenvalue weighted by atomic mass is 16.3. The maximum Gasteiger partial charge on any atom is 0.145 e. The van der Waals surface area contributed by atoms with Crippen LogP contribution in [0.5, 0.6) is 0 Å². The summed E-state index contributed by atoms with van der Waals surface area (Å²) in [6, 6.07) is 105. The molecule has 1 aliphatic carbocycles. The predicted molar refractivity (Wildman–Crippen MR) is 430 cm³/mol. The summed E-state index contributed by atoms with van der Waals surface area (Å²) in [7, 11) is 0. The van der Waals surface area contributed by atoms with Crippen molar-refractivity contribution in [1.82, 2.24) is 19.9 Å². The molecule has 1 aliphatic heterocycles. The first-order chi connectivity index (χ1) is 51.6. The zero-order valence-electron chi connectivity index (χ0n) is 56.0. The lowest BCUT2D eigenvalue weighted by atomic mass is 9.82. The van der Waals surface area contributed by atoms with Gasteiger partial charge >= 0.3 is 0 Å². The van der Waals surface area contributed by atoms with Crippen molar-refractivity contribution in [2.24, 2.45) is 0 Å². The Morgan fingerprint density at radius 3 is 1.86 bits per heavy atom. The Bertz CT molecular complexity index is 7200. The molecule has 482 valence electrons. The predicted octanol–water partition coefficient (Wildman–Crippen LogP) is 23.5. The van der Waals surface area contributed by atoms with E-state index in [9.17, 15) is 0 Å². The number of nitrogens with zero attached hydrogens (tertiary/aromatic N) is 5. The lowest BCUT2D eigenvalue weighted by Crippen LogP contribution is -2.45. The number of hydrogen-bond donors (Lipinski definition) is 0. The summed E-state index contributed by atoms with van der Waals surface area (Å²) in [5.41, 5.74) is 22.4. The lowest BCUT2D eigenvalue weighted by molar-refractivity contribution is 0.669. The Labute approximate surface area is 596 Å². The summed E-state index contributed by atoms with van der Waals surface area (Å²) >= 11 is 0. The molecule has 104 heavy (non-hydrogen) atoms. The van der Waals surface area contributed by atoms with Gasteiger partial charge in [-0.25, -0.2) is 4.98 Å². The molecule has 0 spiro atoms. The third kappa shape index (κ3) is 8.90. The van der Waals surface area contributed by atoms with E-state index in [1.54, 1.807) is 0 Å². The topological polar surface area (TPSA) is 81.1 Å². The van der Waals surface area contributed by atoms with E-state index in [0.29, 0.717) is 0 Å². The van der Waals surface area contributed by atoms with Crippen molar-refractivity contribution in [3.05, 3.63) is 350 Å². The Morgan fingerprint density at radius 1 is 0.346 bits per heavy atom. The maximum absolute atomic E-state index is 7.89. The Kier molecular flexibility index (Phi) is 12.7. The average molecular weight is 1320 g/mol. The van der Waals surface area contributed by atoms with Crippen LogP contribution in [-0.2, 0) is 0 Å². The number of anilines is 1. The highest BCUT2D eigenvalue weighted by Crippen LogP contribution is 2.53. The van der Waals surface area contributed by atoms with Crippen molar-refractivity contribution in [3.63, 3.8) is 0 Å². The molecular formula is C97H57N5O2. The van der Waals surface area contributed by atoms with Gasteiger partial charge in [-0.05, 0) is 187 Å². The first kappa shape index (κ1) is 58.0. The summed E-state index contributed by atoms with van der Waals surface area (Å²) in [5, 5.41) is 18.6. The van der Waals surface area contributed by atoms with E-state index in [1.807, 2.05) is 49.1 Å². The second kappa shape index (κ2) is 22.8. The van der Waals surface area contributed by atoms with Crippen molar-refractivity contribution in [2.45, 2.75) is 6.04 Å². The van der Waals surface area contributed by atoms with Crippen LogP contribution >= 0.6 is 0 Å². The average Bonchev–Trinajstić information content (AvgIpc) is 1.50. The van der Waals surface area contributed by atoms with E-state index in [1.165, 1.54) is 43.5 Å². The highest BCUT2D eigenvalue weighted by Gasteiger charge is 2.32. The molecule has 1 atom stereocenters. The molecule has 0 saturated carbocycles. The van der Waals surface area contributed by atoms with Crippen molar-refractivity contribution >= 4 is 132 Å². The molecule has 0 amide bonds. The van der Waals surface area contributed by atoms with E-state index in [2.05, 4.69) is 306 Å². The van der Waals surface area contributed by atoms with Crippen LogP contribution in [-0.4, -0.2) is 26.0 Å². The van der Waals surface area contributed by atoms with Crippen LogP contribution in [0.3, 0.4) is 0 Å². The third-order valence-corrected chi connectivity index (χ3v) is 21.8. The molecule has 20 aromatic rings. The smallest absolute Gasteiger partial charge is 0.145 e. The van der Waals surface area contributed by atoms with E-state index in [4.69, 9.17) is 18.8 Å². The molecule has 0 bridgehead atoms. The van der Waals surface area contributed by atoms with E-state index < -0.39 is 0 Å². The minimum absolute atomic E-state index is 0.208. The van der Waals surface area contributed by atoms with Crippen LogP contribution in [0.2, 0.25) is 0 Å². The highest BCUT2D eigenvalue weighted by molar-refractivity contribution is 6.39. The van der Waals surface area contributed by atoms with Crippen LogP contribution in [0.15, 0.2) is 343 Å². The SMILES string of the molecule is C1=CC2C(=c3ccccc3=CN2c2cc3oc4c(-c5nc6ccccc6c6cc(-c7ccccc7)ccc56)ccc5c6cc(-c7ccc(-c8ccccn8)nc7)cc7oc8c(-c9ccc(-c%10ccccc%10)c(-c%10cccnc%10)c9)ccc(c(c2)c3c45)c8c76)C(c2cccc3ccc4ccccc4c23)=C1. The third-order valence-electron chi connectivity index (χ3n) is 21.8. The normalized spacial score (nSPS) is 13.7. The number of benzene rings is 13. The summed E-state index contributed by atoms with van der Waals surface area (Å²) in [6.07, 6.45) is 16.9. The van der Waals surface area contributed by atoms with Crippen molar-refractivity contribution in [3.8, 4) is 78.3 Å². The van der Waals surface area contributed by atoms with Gasteiger partial charge in [0.25, 0.3) is 0 Å². The minimum atomic E-state index is -0.208. The molecule has 1 unspecified atom stereocenters. The monoisotopic (exact) mass is 1320 g/mol. The number of hydrogen-bond acceptors (Lipinski definition) is 7. The van der Waals surface area contributed by atoms with Crippen LogP contribution in [0.4, 0.5) is 5.69 Å². The number of aromatic nitrogens is 4. The van der Waals surface area contributed by atoms with Gasteiger partial charge in [-0.2, -0.15) is 0 Å². The summed E-state index contributed by atoms with van der Waals surface area (Å²) in [5.74, 6) is 0. The van der Waals surface area contributed by atoms with Crippen LogP contribution in [0, 0.1) is 0 Å². The van der Waals surface area contributed by atoms with Gasteiger partial charge in [-0.3, -0.25) is 15.0 Å². The Morgan fingerprint density at radius 2 is 1.03 bits per heavy atom. The second-order valence-electron chi connectivity index (χ2n) is 27.5. The number of rotatable bonds is 9. The summed E-state index contributed by atoms with van der Waals surface area (Å²) in [6.45, 7) is 0. The van der Waals surface area contributed by atoms with Crippen molar-refractivity contribution in [1.29, 1.82) is 0 Å². The molecule has 7 nitrogen and oxygen atoms in total. The minimum Gasteiger partial charge on any atom is -0.455 e. The van der Waals surface area contributed by atoms with Gasteiger partial charge in [0.05, 0.1) is 28.6 Å². The fourth-order valence-electron chi connectivity index (χ4n) is 17.1. The molecular weight excluding hydrogens is 1270 g/mol. The van der Waals surface area contributed by atoms with E-state index in [0.717, 1.165) is 176 Å². The first-order valence-electron chi connectivity index (χ1n) is 35.4. The number of para-hydroxylation sites is 1. The maximum atomic E-state index is 7.89. The van der Waals surface area contributed by atoms with Gasteiger partial charge in [0, 0.05) is 97.3 Å². The molecule has 22 rings (SSSR count). The van der Waals surface area contributed by atoms with E-state index >= 15 is 0 Å². The molecule has 0 saturated heterocycles. The van der Waals surface area contributed by atoms with Crippen LogP contribution < -0.4 is 15.3 Å². The molecule has 7 heterocycles. The fourth-order valence-corrected chi connectivity index (χ4v) is 17.1. The number of allylic oxidation sites excluding steroid dienone is 2. The van der Waals surface area contributed by atoms with Crippen molar-refractivity contribution < 1.29 is 8.83 Å². The van der Waals surface area contributed by atoms with Gasteiger partial charge in [0.15, 0.2) is 0 Å². The zero-order chi connectivity index (χ0) is 68.1. The zero-order valence-corrected chi connectivity index (χ0v) is 56.0. The molecule has 0 radical (unpaired) electrons. The molecule has 7 heteroatoms. The molecule has 14 aromatic carbocycles. The second-order valence-corrected chi connectivity index (χ2v) is 27.5. The van der Waals surface area contributed by atoms with Crippen LogP contribution in [0.25, 0.3) is 204 Å². The molecule has 6 aromatic heterocycles. The quantitative estimate of drug-likeness (QED) is 0.133. The fraction of sp³-hybridized carbons (Fsp3) is 0.0103. The largest absolute Gasteiger partial charge is 0.455 e. The number of fused-ring (bicyclic) bond motifs is 10. The van der Waals surface area contributed by atoms with Crippen molar-refractivity contribution in [2.75, 3.05) is 4.90 Å². The summed E-state index contributed by atoms with van der Waals surface area (Å²) < 4.78 is 15.6.